The molecule has 2 rings (SSSR count). The van der Waals surface area contributed by atoms with Gasteiger partial charge in [0.15, 0.2) is 0 Å². The normalized spacial score (nSPS) is 23.8. The number of aromatic nitrogens is 1. The first-order valence-electron chi connectivity index (χ1n) is 6.13. The van der Waals surface area contributed by atoms with Crippen LogP contribution in [0.5, 0.6) is 0 Å². The van der Waals surface area contributed by atoms with Gasteiger partial charge in [0.25, 0.3) is 0 Å². The standard InChI is InChI=1S/C13H22N2O/c1-13(2)7-5-12(16-13)10-15-9-3-4-11(15)6-8-14/h3-4,9,12H,5-8,10,14H2,1-2H3. The van der Waals surface area contributed by atoms with E-state index in [9.17, 15) is 0 Å². The molecule has 2 heterocycles. The minimum absolute atomic E-state index is 0.0614. The van der Waals surface area contributed by atoms with Crippen molar-refractivity contribution >= 4 is 0 Å². The van der Waals surface area contributed by atoms with Gasteiger partial charge in [0, 0.05) is 18.4 Å². The highest BCUT2D eigenvalue weighted by atomic mass is 16.5. The second kappa shape index (κ2) is 4.60. The summed E-state index contributed by atoms with van der Waals surface area (Å²) >= 11 is 0. The molecule has 0 aromatic carbocycles. The van der Waals surface area contributed by atoms with Crippen molar-refractivity contribution < 1.29 is 4.74 Å². The summed E-state index contributed by atoms with van der Waals surface area (Å²) in [4.78, 5) is 0. The van der Waals surface area contributed by atoms with E-state index in [1.807, 2.05) is 0 Å². The Morgan fingerprint density at radius 2 is 2.38 bits per heavy atom. The monoisotopic (exact) mass is 222 g/mol. The molecule has 90 valence electrons. The van der Waals surface area contributed by atoms with E-state index < -0.39 is 0 Å². The van der Waals surface area contributed by atoms with Crippen LogP contribution in [0, 0.1) is 0 Å². The fourth-order valence-electron chi connectivity index (χ4n) is 2.43. The Labute approximate surface area is 97.6 Å². The van der Waals surface area contributed by atoms with E-state index in [0.717, 1.165) is 25.8 Å². The van der Waals surface area contributed by atoms with Crippen molar-refractivity contribution in [1.29, 1.82) is 0 Å². The first-order chi connectivity index (χ1) is 7.61. The Balaban J connectivity index is 1.96. The number of nitrogens with two attached hydrogens (primary N) is 1. The fraction of sp³-hybridized carbons (Fsp3) is 0.692. The van der Waals surface area contributed by atoms with Gasteiger partial charge < -0.3 is 15.0 Å². The van der Waals surface area contributed by atoms with Crippen LogP contribution in [-0.2, 0) is 17.7 Å². The molecule has 1 fully saturated rings. The highest BCUT2D eigenvalue weighted by Gasteiger charge is 2.31. The minimum Gasteiger partial charge on any atom is -0.370 e. The van der Waals surface area contributed by atoms with Gasteiger partial charge in [0.1, 0.15) is 0 Å². The summed E-state index contributed by atoms with van der Waals surface area (Å²) in [5, 5.41) is 0. The Hall–Kier alpha value is -0.800. The van der Waals surface area contributed by atoms with Crippen molar-refractivity contribution in [1.82, 2.24) is 4.57 Å². The average Bonchev–Trinajstić information content (AvgIpc) is 2.76. The molecule has 2 N–H and O–H groups in total. The molecule has 3 heteroatoms. The Kier molecular flexibility index (Phi) is 3.36. The van der Waals surface area contributed by atoms with Crippen molar-refractivity contribution in [3.63, 3.8) is 0 Å². The van der Waals surface area contributed by atoms with Gasteiger partial charge in [-0.2, -0.15) is 0 Å². The molecule has 1 aliphatic rings. The van der Waals surface area contributed by atoms with Crippen LogP contribution in [-0.4, -0.2) is 22.8 Å². The predicted molar refractivity (Wildman–Crippen MR) is 65.4 cm³/mol. The zero-order valence-corrected chi connectivity index (χ0v) is 10.3. The van der Waals surface area contributed by atoms with Crippen molar-refractivity contribution in [2.75, 3.05) is 6.54 Å². The second-order valence-corrected chi connectivity index (χ2v) is 5.23. The molecule has 1 atom stereocenters. The molecule has 0 saturated carbocycles. The van der Waals surface area contributed by atoms with E-state index in [2.05, 4.69) is 36.7 Å². The number of ether oxygens (including phenoxy) is 1. The van der Waals surface area contributed by atoms with Crippen LogP contribution in [0.2, 0.25) is 0 Å². The second-order valence-electron chi connectivity index (χ2n) is 5.23. The molecule has 0 radical (unpaired) electrons. The molecule has 0 amide bonds. The zero-order chi connectivity index (χ0) is 11.6. The number of rotatable bonds is 4. The zero-order valence-electron chi connectivity index (χ0n) is 10.3. The third-order valence-corrected chi connectivity index (χ3v) is 3.28. The van der Waals surface area contributed by atoms with Crippen molar-refractivity contribution in [3.05, 3.63) is 24.0 Å². The largest absolute Gasteiger partial charge is 0.370 e. The van der Waals surface area contributed by atoms with Crippen molar-refractivity contribution in [3.8, 4) is 0 Å². The Morgan fingerprint density at radius 3 is 3.00 bits per heavy atom. The fourth-order valence-corrected chi connectivity index (χ4v) is 2.43. The lowest BCUT2D eigenvalue weighted by atomic mass is 10.1. The van der Waals surface area contributed by atoms with E-state index in [-0.39, 0.29) is 5.60 Å². The summed E-state index contributed by atoms with van der Waals surface area (Å²) in [6.45, 7) is 6.01. The van der Waals surface area contributed by atoms with Crippen molar-refractivity contribution in [2.24, 2.45) is 5.73 Å². The van der Waals surface area contributed by atoms with Gasteiger partial charge in [0.2, 0.25) is 0 Å². The molecule has 1 aliphatic heterocycles. The van der Waals surface area contributed by atoms with Gasteiger partial charge >= 0.3 is 0 Å². The van der Waals surface area contributed by atoms with Gasteiger partial charge in [-0.05, 0) is 51.8 Å². The number of hydrogen-bond donors (Lipinski definition) is 1. The van der Waals surface area contributed by atoms with Gasteiger partial charge in [-0.25, -0.2) is 0 Å². The van der Waals surface area contributed by atoms with Crippen LogP contribution in [0.1, 0.15) is 32.4 Å². The van der Waals surface area contributed by atoms with Crippen LogP contribution in [0.25, 0.3) is 0 Å². The molecule has 1 aromatic heterocycles. The minimum atomic E-state index is 0.0614. The van der Waals surface area contributed by atoms with Gasteiger partial charge in [-0.3, -0.25) is 0 Å². The molecule has 1 aromatic rings. The average molecular weight is 222 g/mol. The van der Waals surface area contributed by atoms with E-state index >= 15 is 0 Å². The highest BCUT2D eigenvalue weighted by molar-refractivity contribution is 5.08. The molecular formula is C13H22N2O. The van der Waals surface area contributed by atoms with E-state index in [4.69, 9.17) is 10.5 Å². The molecular weight excluding hydrogens is 200 g/mol. The van der Waals surface area contributed by atoms with E-state index in [1.165, 1.54) is 5.69 Å². The topological polar surface area (TPSA) is 40.2 Å². The molecule has 0 bridgehead atoms. The van der Waals surface area contributed by atoms with Crippen LogP contribution in [0.3, 0.4) is 0 Å². The SMILES string of the molecule is CC1(C)CCC(Cn2cccc2CCN)O1. The quantitative estimate of drug-likeness (QED) is 0.846. The van der Waals surface area contributed by atoms with E-state index in [0.29, 0.717) is 12.6 Å². The summed E-state index contributed by atoms with van der Waals surface area (Å²) < 4.78 is 8.28. The molecule has 16 heavy (non-hydrogen) atoms. The lowest BCUT2D eigenvalue weighted by molar-refractivity contribution is -0.0219. The third kappa shape index (κ3) is 2.66. The molecule has 3 nitrogen and oxygen atoms in total. The number of hydrogen-bond acceptors (Lipinski definition) is 2. The summed E-state index contributed by atoms with van der Waals surface area (Å²) in [6.07, 6.45) is 5.75. The van der Waals surface area contributed by atoms with Gasteiger partial charge in [-0.15, -0.1) is 0 Å². The molecule has 0 spiro atoms. The van der Waals surface area contributed by atoms with Crippen LogP contribution in [0.15, 0.2) is 18.3 Å². The van der Waals surface area contributed by atoms with Crippen LogP contribution < -0.4 is 5.73 Å². The Morgan fingerprint density at radius 1 is 1.56 bits per heavy atom. The number of nitrogens with zero attached hydrogens (tertiary/aromatic N) is 1. The molecule has 0 aliphatic carbocycles. The summed E-state index contributed by atoms with van der Waals surface area (Å²) in [7, 11) is 0. The highest BCUT2D eigenvalue weighted by Crippen LogP contribution is 2.30. The lowest BCUT2D eigenvalue weighted by Gasteiger charge is -2.20. The van der Waals surface area contributed by atoms with Gasteiger partial charge in [0.05, 0.1) is 11.7 Å². The maximum Gasteiger partial charge on any atom is 0.0762 e. The van der Waals surface area contributed by atoms with E-state index in [1.54, 1.807) is 0 Å². The first-order valence-corrected chi connectivity index (χ1v) is 6.13. The molecule has 1 saturated heterocycles. The third-order valence-electron chi connectivity index (χ3n) is 3.28. The van der Waals surface area contributed by atoms with Crippen LogP contribution >= 0.6 is 0 Å². The summed E-state index contributed by atoms with van der Waals surface area (Å²) in [5.41, 5.74) is 6.97. The maximum atomic E-state index is 6.00. The van der Waals surface area contributed by atoms with Crippen LogP contribution in [0.4, 0.5) is 0 Å². The lowest BCUT2D eigenvalue weighted by Crippen LogP contribution is -2.23. The predicted octanol–water partition coefficient (Wildman–Crippen LogP) is 1.95. The van der Waals surface area contributed by atoms with Crippen molar-refractivity contribution in [2.45, 2.75) is 51.4 Å². The van der Waals surface area contributed by atoms with Gasteiger partial charge in [-0.1, -0.05) is 0 Å². The first kappa shape index (κ1) is 11.7. The smallest absolute Gasteiger partial charge is 0.0762 e. The maximum absolute atomic E-state index is 6.00. The summed E-state index contributed by atoms with van der Waals surface area (Å²) in [6, 6.07) is 4.23. The summed E-state index contributed by atoms with van der Waals surface area (Å²) in [5.74, 6) is 0. The molecule has 1 unspecified atom stereocenters. The Bertz CT molecular complexity index is 343.